The van der Waals surface area contributed by atoms with Crippen molar-refractivity contribution in [2.45, 2.75) is 39.0 Å². The third-order valence-corrected chi connectivity index (χ3v) is 4.67. The van der Waals surface area contributed by atoms with Gasteiger partial charge in [0.05, 0.1) is 18.0 Å². The van der Waals surface area contributed by atoms with E-state index < -0.39 is 0 Å². The zero-order chi connectivity index (χ0) is 14.9. The summed E-state index contributed by atoms with van der Waals surface area (Å²) in [5.41, 5.74) is 2.49. The summed E-state index contributed by atoms with van der Waals surface area (Å²) in [6, 6.07) is 10.7. The van der Waals surface area contributed by atoms with Crippen molar-refractivity contribution < 1.29 is 4.74 Å². The second kappa shape index (κ2) is 5.62. The molecule has 1 saturated carbocycles. The van der Waals surface area contributed by atoms with Crippen LogP contribution in [0.3, 0.4) is 0 Å². The van der Waals surface area contributed by atoms with Crippen LogP contribution in [0.25, 0.3) is 5.69 Å². The van der Waals surface area contributed by atoms with E-state index in [2.05, 4.69) is 42.6 Å². The maximum Gasteiger partial charge on any atom is 0.0652 e. The van der Waals surface area contributed by atoms with Crippen LogP contribution in [-0.2, 0) is 11.3 Å². The highest BCUT2D eigenvalue weighted by atomic mass is 16.5. The van der Waals surface area contributed by atoms with Crippen LogP contribution in [-0.4, -0.2) is 29.0 Å². The van der Waals surface area contributed by atoms with Crippen LogP contribution in [0.5, 0.6) is 0 Å². The number of nitrogens with zero attached hydrogens (tertiary/aromatic N) is 2. The fourth-order valence-corrected chi connectivity index (χ4v) is 3.05. The molecule has 0 amide bonds. The first-order valence-electron chi connectivity index (χ1n) is 7.46. The number of benzene rings is 1. The average molecular weight is 285 g/mol. The molecule has 0 spiro atoms. The molecule has 1 N–H and O–H groups in total. The lowest BCUT2D eigenvalue weighted by molar-refractivity contribution is -0.0979. The fraction of sp³-hybridized carbons (Fsp3) is 0.471. The first-order valence-corrected chi connectivity index (χ1v) is 7.46. The Hall–Kier alpha value is -1.65. The molecule has 2 atom stereocenters. The van der Waals surface area contributed by atoms with Crippen LogP contribution < -0.4 is 5.32 Å². The minimum absolute atomic E-state index is 0.199. The molecule has 3 rings (SSSR count). The van der Waals surface area contributed by atoms with Crippen LogP contribution in [0, 0.1) is 5.41 Å². The topological polar surface area (TPSA) is 39.1 Å². The number of nitrogens with one attached hydrogen (secondary N) is 1. The van der Waals surface area contributed by atoms with Gasteiger partial charge >= 0.3 is 0 Å². The minimum Gasteiger partial charge on any atom is -0.381 e. The number of aromatic nitrogens is 2. The van der Waals surface area contributed by atoms with Crippen molar-refractivity contribution in [3.8, 4) is 5.69 Å². The SMILES string of the molecule is COC1CC(NCc2cnn(-c3ccccc3)c2)C1(C)C. The van der Waals surface area contributed by atoms with E-state index in [9.17, 15) is 0 Å². The van der Waals surface area contributed by atoms with E-state index in [0.29, 0.717) is 12.1 Å². The van der Waals surface area contributed by atoms with Gasteiger partial charge in [-0.25, -0.2) is 4.68 Å². The molecule has 1 aromatic carbocycles. The summed E-state index contributed by atoms with van der Waals surface area (Å²) in [6.07, 6.45) is 5.46. The summed E-state index contributed by atoms with van der Waals surface area (Å²) >= 11 is 0. The molecule has 21 heavy (non-hydrogen) atoms. The number of ether oxygens (including phenoxy) is 1. The maximum absolute atomic E-state index is 5.49. The number of hydrogen-bond donors (Lipinski definition) is 1. The zero-order valence-corrected chi connectivity index (χ0v) is 12.9. The summed E-state index contributed by atoms with van der Waals surface area (Å²) in [4.78, 5) is 0. The molecular weight excluding hydrogens is 262 g/mol. The van der Waals surface area contributed by atoms with Crippen molar-refractivity contribution >= 4 is 0 Å². The van der Waals surface area contributed by atoms with Crippen molar-refractivity contribution in [2.75, 3.05) is 7.11 Å². The molecule has 2 unspecified atom stereocenters. The quantitative estimate of drug-likeness (QED) is 0.918. The van der Waals surface area contributed by atoms with Gasteiger partial charge in [0.2, 0.25) is 0 Å². The van der Waals surface area contributed by atoms with Gasteiger partial charge in [0.15, 0.2) is 0 Å². The largest absolute Gasteiger partial charge is 0.381 e. The molecule has 2 aromatic rings. The molecule has 1 aliphatic carbocycles. The van der Waals surface area contributed by atoms with Crippen molar-refractivity contribution in [1.29, 1.82) is 0 Å². The summed E-state index contributed by atoms with van der Waals surface area (Å²) in [6.45, 7) is 5.36. The lowest BCUT2D eigenvalue weighted by Crippen LogP contribution is -2.60. The van der Waals surface area contributed by atoms with Gasteiger partial charge in [-0.05, 0) is 18.6 Å². The number of rotatable bonds is 5. The molecule has 4 heteroatoms. The smallest absolute Gasteiger partial charge is 0.0652 e. The number of methoxy groups -OCH3 is 1. The Morgan fingerprint density at radius 2 is 2.10 bits per heavy atom. The van der Waals surface area contributed by atoms with Crippen molar-refractivity contribution in [3.05, 3.63) is 48.3 Å². The van der Waals surface area contributed by atoms with E-state index in [0.717, 1.165) is 18.7 Å². The summed E-state index contributed by atoms with van der Waals surface area (Å²) in [5.74, 6) is 0. The second-order valence-corrected chi connectivity index (χ2v) is 6.34. The van der Waals surface area contributed by atoms with E-state index in [4.69, 9.17) is 4.74 Å². The van der Waals surface area contributed by atoms with Crippen LogP contribution in [0.15, 0.2) is 42.7 Å². The maximum atomic E-state index is 5.49. The van der Waals surface area contributed by atoms with E-state index in [-0.39, 0.29) is 5.41 Å². The van der Waals surface area contributed by atoms with E-state index in [1.54, 1.807) is 7.11 Å². The van der Waals surface area contributed by atoms with Gasteiger partial charge in [-0.15, -0.1) is 0 Å². The van der Waals surface area contributed by atoms with E-state index in [1.165, 1.54) is 5.56 Å². The Bertz CT molecular complexity index is 591. The predicted molar refractivity (Wildman–Crippen MR) is 83.4 cm³/mol. The second-order valence-electron chi connectivity index (χ2n) is 6.34. The van der Waals surface area contributed by atoms with Crippen LogP contribution in [0.2, 0.25) is 0 Å². The molecule has 1 aromatic heterocycles. The zero-order valence-electron chi connectivity index (χ0n) is 12.9. The van der Waals surface area contributed by atoms with E-state index >= 15 is 0 Å². The van der Waals surface area contributed by atoms with Gasteiger partial charge in [0.25, 0.3) is 0 Å². The van der Waals surface area contributed by atoms with Crippen molar-refractivity contribution in [2.24, 2.45) is 5.41 Å². The van der Waals surface area contributed by atoms with E-state index in [1.807, 2.05) is 29.1 Å². The molecule has 0 aliphatic heterocycles. The molecule has 4 nitrogen and oxygen atoms in total. The lowest BCUT2D eigenvalue weighted by atomic mass is 9.64. The highest BCUT2D eigenvalue weighted by Gasteiger charge is 2.48. The minimum atomic E-state index is 0.199. The standard InChI is InChI=1S/C17H23N3O/c1-17(2)15(9-16(17)21-3)18-10-13-11-19-20(12-13)14-7-5-4-6-8-14/h4-8,11-12,15-16,18H,9-10H2,1-3H3. The third kappa shape index (κ3) is 2.74. The highest BCUT2D eigenvalue weighted by Crippen LogP contribution is 2.42. The van der Waals surface area contributed by atoms with Gasteiger partial charge in [0, 0.05) is 36.9 Å². The average Bonchev–Trinajstić information content (AvgIpc) is 2.96. The van der Waals surface area contributed by atoms with Gasteiger partial charge < -0.3 is 10.1 Å². The summed E-state index contributed by atoms with van der Waals surface area (Å²) < 4.78 is 7.41. The number of hydrogen-bond acceptors (Lipinski definition) is 3. The molecule has 0 saturated heterocycles. The normalized spacial score (nSPS) is 23.8. The Balaban J connectivity index is 1.59. The van der Waals surface area contributed by atoms with Crippen molar-refractivity contribution in [3.63, 3.8) is 0 Å². The molecule has 1 fully saturated rings. The Morgan fingerprint density at radius 3 is 2.76 bits per heavy atom. The fourth-order valence-electron chi connectivity index (χ4n) is 3.05. The van der Waals surface area contributed by atoms with Crippen LogP contribution in [0.4, 0.5) is 0 Å². The van der Waals surface area contributed by atoms with Crippen LogP contribution >= 0.6 is 0 Å². The van der Waals surface area contributed by atoms with Gasteiger partial charge in [-0.1, -0.05) is 32.0 Å². The van der Waals surface area contributed by atoms with Gasteiger partial charge in [0.1, 0.15) is 0 Å². The first kappa shape index (κ1) is 14.3. The lowest BCUT2D eigenvalue weighted by Gasteiger charge is -2.51. The van der Waals surface area contributed by atoms with Crippen LogP contribution in [0.1, 0.15) is 25.8 Å². The summed E-state index contributed by atoms with van der Waals surface area (Å²) in [5, 5.41) is 8.05. The molecule has 0 bridgehead atoms. The number of para-hydroxylation sites is 1. The third-order valence-electron chi connectivity index (χ3n) is 4.67. The molecular formula is C17H23N3O. The van der Waals surface area contributed by atoms with Gasteiger partial charge in [-0.2, -0.15) is 5.10 Å². The summed E-state index contributed by atoms with van der Waals surface area (Å²) in [7, 11) is 1.80. The molecule has 1 aliphatic rings. The highest BCUT2D eigenvalue weighted by molar-refractivity contribution is 5.30. The molecule has 112 valence electrons. The Morgan fingerprint density at radius 1 is 1.33 bits per heavy atom. The van der Waals surface area contributed by atoms with Crippen molar-refractivity contribution in [1.82, 2.24) is 15.1 Å². The molecule has 0 radical (unpaired) electrons. The Labute approximate surface area is 126 Å². The first-order chi connectivity index (χ1) is 10.1. The van der Waals surface area contributed by atoms with Gasteiger partial charge in [-0.3, -0.25) is 0 Å². The molecule has 1 heterocycles. The predicted octanol–water partition coefficient (Wildman–Crippen LogP) is 2.78. The Kier molecular flexibility index (Phi) is 3.83. The monoisotopic (exact) mass is 285 g/mol.